The molecule has 0 saturated carbocycles. The Labute approximate surface area is 320 Å². The van der Waals surface area contributed by atoms with Crippen molar-refractivity contribution in [3.63, 3.8) is 0 Å². The SMILES string of the molecule is CCCCC/C=C\C/C=C\CCCCCCCCOCC(COP(=O)(O)OCCN)OC(=O)CCCCCCCCC/C=C\CCCCCCCC. The van der Waals surface area contributed by atoms with Gasteiger partial charge < -0.3 is 20.1 Å². The first-order valence-corrected chi connectivity index (χ1v) is 23.0. The van der Waals surface area contributed by atoms with Crippen LogP contribution in [0.1, 0.15) is 194 Å². The summed E-state index contributed by atoms with van der Waals surface area (Å²) in [5, 5.41) is 0. The van der Waals surface area contributed by atoms with Crippen molar-refractivity contribution in [2.45, 2.75) is 200 Å². The molecule has 0 aliphatic heterocycles. The Morgan fingerprint density at radius 1 is 0.577 bits per heavy atom. The molecule has 2 atom stereocenters. The van der Waals surface area contributed by atoms with E-state index in [0.717, 1.165) is 51.4 Å². The minimum atomic E-state index is -4.28. The van der Waals surface area contributed by atoms with E-state index in [2.05, 4.69) is 50.3 Å². The topological polar surface area (TPSA) is 117 Å². The molecular weight excluding hydrogens is 673 g/mol. The largest absolute Gasteiger partial charge is 0.472 e. The third-order valence-electron chi connectivity index (χ3n) is 9.03. The monoisotopic (exact) mass is 756 g/mol. The molecule has 0 bridgehead atoms. The molecule has 0 aromatic rings. The van der Waals surface area contributed by atoms with Gasteiger partial charge in [-0.1, -0.05) is 153 Å². The Hall–Kier alpha value is -1.28. The maximum absolute atomic E-state index is 12.6. The van der Waals surface area contributed by atoms with Crippen molar-refractivity contribution < 1.29 is 32.8 Å². The molecule has 306 valence electrons. The number of allylic oxidation sites excluding steroid dienone is 6. The van der Waals surface area contributed by atoms with Gasteiger partial charge in [-0.05, 0) is 70.6 Å². The number of unbranched alkanes of at least 4 members (excludes halogenated alkanes) is 22. The van der Waals surface area contributed by atoms with Gasteiger partial charge in [-0.2, -0.15) is 0 Å². The van der Waals surface area contributed by atoms with Crippen molar-refractivity contribution in [1.82, 2.24) is 0 Å². The molecule has 0 aliphatic rings. The van der Waals surface area contributed by atoms with Crippen LogP contribution in [0.3, 0.4) is 0 Å². The van der Waals surface area contributed by atoms with Gasteiger partial charge in [-0.25, -0.2) is 4.57 Å². The number of esters is 1. The summed E-state index contributed by atoms with van der Waals surface area (Å²) in [4.78, 5) is 22.5. The molecule has 0 heterocycles. The average molecular weight is 756 g/mol. The minimum Gasteiger partial charge on any atom is -0.457 e. The van der Waals surface area contributed by atoms with Gasteiger partial charge in [-0.3, -0.25) is 13.8 Å². The van der Waals surface area contributed by atoms with Crippen LogP contribution in [0.15, 0.2) is 36.5 Å². The summed E-state index contributed by atoms with van der Waals surface area (Å²) in [7, 11) is -4.28. The number of hydrogen-bond acceptors (Lipinski definition) is 7. The van der Waals surface area contributed by atoms with Crippen LogP contribution < -0.4 is 5.73 Å². The lowest BCUT2D eigenvalue weighted by atomic mass is 10.1. The second-order valence-corrected chi connectivity index (χ2v) is 15.7. The van der Waals surface area contributed by atoms with Crippen LogP contribution in [-0.4, -0.2) is 49.9 Å². The summed E-state index contributed by atoms with van der Waals surface area (Å²) in [5.41, 5.74) is 5.37. The van der Waals surface area contributed by atoms with E-state index in [0.29, 0.717) is 13.0 Å². The number of hydrogen-bond donors (Lipinski definition) is 2. The van der Waals surface area contributed by atoms with Gasteiger partial charge in [0.2, 0.25) is 0 Å². The van der Waals surface area contributed by atoms with Crippen LogP contribution in [0.25, 0.3) is 0 Å². The molecule has 0 aromatic heterocycles. The molecule has 0 rings (SSSR count). The van der Waals surface area contributed by atoms with Crippen LogP contribution in [-0.2, 0) is 27.9 Å². The van der Waals surface area contributed by atoms with Crippen LogP contribution >= 0.6 is 7.82 Å². The lowest BCUT2D eigenvalue weighted by molar-refractivity contribution is -0.154. The van der Waals surface area contributed by atoms with Crippen molar-refractivity contribution in [1.29, 1.82) is 0 Å². The van der Waals surface area contributed by atoms with Gasteiger partial charge in [-0.15, -0.1) is 0 Å². The first-order valence-electron chi connectivity index (χ1n) is 21.5. The molecule has 8 nitrogen and oxygen atoms in total. The van der Waals surface area contributed by atoms with E-state index in [4.69, 9.17) is 24.3 Å². The third kappa shape index (κ3) is 39.9. The predicted octanol–water partition coefficient (Wildman–Crippen LogP) is 12.6. The highest BCUT2D eigenvalue weighted by Crippen LogP contribution is 2.43. The lowest BCUT2D eigenvalue weighted by Gasteiger charge is -2.20. The van der Waals surface area contributed by atoms with Crippen LogP contribution in [0, 0.1) is 0 Å². The zero-order valence-corrected chi connectivity index (χ0v) is 34.7. The Balaban J connectivity index is 4.06. The zero-order valence-electron chi connectivity index (χ0n) is 33.8. The Bertz CT molecular complexity index is 895. The zero-order chi connectivity index (χ0) is 38.1. The maximum atomic E-state index is 12.6. The molecule has 0 aliphatic carbocycles. The number of phosphoric ester groups is 1. The van der Waals surface area contributed by atoms with Crippen molar-refractivity contribution in [2.24, 2.45) is 5.73 Å². The van der Waals surface area contributed by atoms with E-state index in [1.807, 2.05) is 0 Å². The third-order valence-corrected chi connectivity index (χ3v) is 10.0. The lowest BCUT2D eigenvalue weighted by Crippen LogP contribution is -2.28. The van der Waals surface area contributed by atoms with Gasteiger partial charge in [0.1, 0.15) is 6.10 Å². The highest BCUT2D eigenvalue weighted by Gasteiger charge is 2.25. The predicted molar refractivity (Wildman–Crippen MR) is 220 cm³/mol. The van der Waals surface area contributed by atoms with Crippen LogP contribution in [0.5, 0.6) is 0 Å². The summed E-state index contributed by atoms with van der Waals surface area (Å²) >= 11 is 0. The Morgan fingerprint density at radius 2 is 1.02 bits per heavy atom. The van der Waals surface area contributed by atoms with Crippen molar-refractivity contribution in [2.75, 3.05) is 33.0 Å². The number of rotatable bonds is 41. The normalized spacial score (nSPS) is 13.8. The second-order valence-electron chi connectivity index (χ2n) is 14.2. The molecule has 9 heteroatoms. The number of phosphoric acid groups is 1. The molecule has 52 heavy (non-hydrogen) atoms. The van der Waals surface area contributed by atoms with E-state index in [9.17, 15) is 14.3 Å². The molecule has 2 unspecified atom stereocenters. The van der Waals surface area contributed by atoms with E-state index >= 15 is 0 Å². The highest BCUT2D eigenvalue weighted by molar-refractivity contribution is 7.47. The standard InChI is InChI=1S/C43H82NO7P/c1-3-5-7-9-11-13-15-17-19-21-22-24-26-28-30-32-34-36-43(45)51-42(41-50-52(46,47)49-39-37-44)40-48-38-35-33-31-29-27-25-23-20-18-16-14-12-10-8-6-4-2/h12,14,17-20,42H,3-11,13,15-16,21-41,44H2,1-2H3,(H,46,47)/b14-12-,19-17-,20-18-. The summed E-state index contributed by atoms with van der Waals surface area (Å²) in [6, 6.07) is 0. The number of ether oxygens (including phenoxy) is 2. The van der Waals surface area contributed by atoms with Crippen molar-refractivity contribution in [3.8, 4) is 0 Å². The van der Waals surface area contributed by atoms with Gasteiger partial charge in [0.05, 0.1) is 19.8 Å². The molecule has 3 N–H and O–H groups in total. The average Bonchev–Trinajstić information content (AvgIpc) is 3.13. The van der Waals surface area contributed by atoms with Gasteiger partial charge in [0.15, 0.2) is 0 Å². The van der Waals surface area contributed by atoms with Gasteiger partial charge in [0, 0.05) is 19.6 Å². The van der Waals surface area contributed by atoms with E-state index in [1.54, 1.807) is 0 Å². The number of carbonyl (C=O) groups excluding carboxylic acids is 1. The van der Waals surface area contributed by atoms with E-state index < -0.39 is 13.9 Å². The smallest absolute Gasteiger partial charge is 0.457 e. The van der Waals surface area contributed by atoms with E-state index in [-0.39, 0.29) is 32.3 Å². The molecular formula is C43H82NO7P. The van der Waals surface area contributed by atoms with Crippen LogP contribution in [0.4, 0.5) is 0 Å². The van der Waals surface area contributed by atoms with E-state index in [1.165, 1.54) is 122 Å². The van der Waals surface area contributed by atoms with Crippen molar-refractivity contribution >= 4 is 13.8 Å². The molecule has 0 amide bonds. The summed E-state index contributed by atoms with van der Waals surface area (Å²) in [6.45, 7) is 4.87. The molecule has 0 aromatic carbocycles. The maximum Gasteiger partial charge on any atom is 0.472 e. The van der Waals surface area contributed by atoms with Gasteiger partial charge in [0.25, 0.3) is 0 Å². The Morgan fingerprint density at radius 3 is 1.56 bits per heavy atom. The Kier molecular flexibility index (Phi) is 39.9. The first kappa shape index (κ1) is 50.7. The number of carbonyl (C=O) groups is 1. The van der Waals surface area contributed by atoms with Crippen molar-refractivity contribution in [3.05, 3.63) is 36.5 Å². The fraction of sp³-hybridized carbons (Fsp3) is 0.837. The summed E-state index contributed by atoms with van der Waals surface area (Å²) in [6.07, 6.45) is 45.8. The number of nitrogens with two attached hydrogens (primary N) is 1. The second kappa shape index (κ2) is 40.9. The highest BCUT2D eigenvalue weighted by atomic mass is 31.2. The quantitative estimate of drug-likeness (QED) is 0.0274. The summed E-state index contributed by atoms with van der Waals surface area (Å²) in [5.74, 6) is -0.339. The first-order chi connectivity index (χ1) is 25.4. The molecule has 0 fully saturated rings. The molecule has 0 radical (unpaired) electrons. The summed E-state index contributed by atoms with van der Waals surface area (Å²) < 4.78 is 33.4. The molecule has 0 spiro atoms. The van der Waals surface area contributed by atoms with Crippen LogP contribution in [0.2, 0.25) is 0 Å². The molecule has 0 saturated heterocycles. The van der Waals surface area contributed by atoms with Gasteiger partial charge >= 0.3 is 13.8 Å². The fourth-order valence-electron chi connectivity index (χ4n) is 5.84. The minimum absolute atomic E-state index is 0.0975. The fourth-order valence-corrected chi connectivity index (χ4v) is 6.61.